The molecule has 0 aliphatic carbocycles. The lowest BCUT2D eigenvalue weighted by molar-refractivity contribution is -0.192. The molecule has 2 aromatic carbocycles. The summed E-state index contributed by atoms with van der Waals surface area (Å²) in [4.78, 5) is 69.4. The number of methoxy groups -OCH3 is 1. The van der Waals surface area contributed by atoms with Gasteiger partial charge in [0.25, 0.3) is 0 Å². The smallest absolute Gasteiger partial charge is 0.475 e. The third-order valence-corrected chi connectivity index (χ3v) is 8.36. The minimum absolute atomic E-state index is 0.0675. The van der Waals surface area contributed by atoms with Gasteiger partial charge in [-0.15, -0.1) is 0 Å². The molecular formula is C28H26F3N3O7S. The van der Waals surface area contributed by atoms with Gasteiger partial charge in [-0.2, -0.15) is 13.2 Å². The molecule has 4 atom stereocenters. The molecule has 42 heavy (non-hydrogen) atoms. The zero-order chi connectivity index (χ0) is 30.8. The summed E-state index contributed by atoms with van der Waals surface area (Å²) in [6.45, 7) is 2.07. The van der Waals surface area contributed by atoms with E-state index < -0.39 is 41.5 Å². The molecule has 2 amide bonds. The second-order valence-corrected chi connectivity index (χ2v) is 10.8. The number of esters is 1. The van der Waals surface area contributed by atoms with Gasteiger partial charge in [0.15, 0.2) is 11.0 Å². The average molecular weight is 606 g/mol. The number of carbonyl (C=O) groups is 5. The molecule has 2 saturated heterocycles. The Labute approximate surface area is 242 Å². The van der Waals surface area contributed by atoms with Crippen LogP contribution in [0.25, 0.3) is 0 Å². The normalized spacial score (nSPS) is 24.4. The van der Waals surface area contributed by atoms with Crippen LogP contribution in [0, 0.1) is 11.8 Å². The van der Waals surface area contributed by atoms with E-state index in [1.807, 2.05) is 36.4 Å². The number of benzene rings is 2. The van der Waals surface area contributed by atoms with Crippen molar-refractivity contribution in [2.75, 3.05) is 19.4 Å². The zero-order valence-electron chi connectivity index (χ0n) is 22.4. The van der Waals surface area contributed by atoms with Gasteiger partial charge in [-0.05, 0) is 12.5 Å². The van der Waals surface area contributed by atoms with Gasteiger partial charge in [0.1, 0.15) is 5.54 Å². The first kappa shape index (κ1) is 30.8. The average Bonchev–Trinajstić information content (AvgIpc) is 3.59. The summed E-state index contributed by atoms with van der Waals surface area (Å²) < 4.78 is 36.9. The number of amides is 2. The van der Waals surface area contributed by atoms with E-state index in [0.29, 0.717) is 10.7 Å². The molecule has 0 spiro atoms. The highest BCUT2D eigenvalue weighted by molar-refractivity contribution is 8.14. The summed E-state index contributed by atoms with van der Waals surface area (Å²) in [5.74, 6) is -5.56. The van der Waals surface area contributed by atoms with Crippen LogP contribution >= 0.6 is 11.8 Å². The van der Waals surface area contributed by atoms with Crippen LogP contribution in [0.2, 0.25) is 0 Å². The summed E-state index contributed by atoms with van der Waals surface area (Å²) >= 11 is 1.22. The number of carbonyl (C=O) groups excluding carboxylic acids is 4. The van der Waals surface area contributed by atoms with E-state index in [4.69, 9.17) is 14.6 Å². The molecule has 2 aromatic rings. The number of aliphatic carboxylic acids is 1. The maximum atomic E-state index is 13.6. The van der Waals surface area contributed by atoms with Crippen LogP contribution in [0.4, 0.5) is 13.2 Å². The first-order chi connectivity index (χ1) is 19.8. The first-order valence-corrected chi connectivity index (χ1v) is 13.6. The molecule has 3 heterocycles. The van der Waals surface area contributed by atoms with Crippen molar-refractivity contribution in [3.8, 4) is 0 Å². The minimum Gasteiger partial charge on any atom is -0.475 e. The fraction of sp³-hybridized carbons (Fsp3) is 0.357. The third-order valence-electron chi connectivity index (χ3n) is 7.37. The van der Waals surface area contributed by atoms with E-state index >= 15 is 0 Å². The number of rotatable bonds is 6. The van der Waals surface area contributed by atoms with E-state index in [-0.39, 0.29) is 36.4 Å². The van der Waals surface area contributed by atoms with Crippen molar-refractivity contribution in [2.24, 2.45) is 16.8 Å². The van der Waals surface area contributed by atoms with Crippen molar-refractivity contribution in [1.29, 1.82) is 0 Å². The van der Waals surface area contributed by atoms with Crippen molar-refractivity contribution < 1.29 is 47.0 Å². The van der Waals surface area contributed by atoms with Crippen molar-refractivity contribution in [3.63, 3.8) is 0 Å². The maximum absolute atomic E-state index is 13.6. The number of halogens is 3. The quantitative estimate of drug-likeness (QED) is 0.300. The SMILES string of the molecule is COC(=O)[C@@]1(C)[C@H]2C(=O)N(Cc3ccccc3)C(=O)[C@H]2[C@H]2CN=C(SCC(=O)c3ccccc3)N21.O=C(O)C(F)(F)F. The molecule has 3 aliphatic heterocycles. The molecular weight excluding hydrogens is 579 g/mol. The van der Waals surface area contributed by atoms with Crippen LogP contribution in [0.1, 0.15) is 22.8 Å². The van der Waals surface area contributed by atoms with Crippen molar-refractivity contribution >= 4 is 46.5 Å². The lowest BCUT2D eigenvalue weighted by Crippen LogP contribution is -2.57. The number of likely N-dealkylation sites (tertiary alicyclic amines) is 1. The Morgan fingerprint density at radius 3 is 2.17 bits per heavy atom. The summed E-state index contributed by atoms with van der Waals surface area (Å²) in [5.41, 5.74) is 0.0237. The molecule has 222 valence electrons. The highest BCUT2D eigenvalue weighted by Crippen LogP contribution is 2.52. The van der Waals surface area contributed by atoms with Crippen LogP contribution in [0.15, 0.2) is 65.7 Å². The van der Waals surface area contributed by atoms with Crippen molar-refractivity contribution in [3.05, 3.63) is 71.8 Å². The molecule has 1 N–H and O–H groups in total. The van der Waals surface area contributed by atoms with Crippen molar-refractivity contribution in [2.45, 2.75) is 31.2 Å². The molecule has 0 unspecified atom stereocenters. The van der Waals surface area contributed by atoms with E-state index in [9.17, 15) is 32.3 Å². The molecule has 10 nitrogen and oxygen atoms in total. The number of carboxylic acids is 1. The number of aliphatic imine (C=N–C) groups is 1. The maximum Gasteiger partial charge on any atom is 0.490 e. The van der Waals surface area contributed by atoms with Gasteiger partial charge in [0.05, 0.1) is 43.8 Å². The topological polar surface area (TPSA) is 134 Å². The Kier molecular flexibility index (Phi) is 8.76. The monoisotopic (exact) mass is 605 g/mol. The molecule has 3 aliphatic rings. The Morgan fingerprint density at radius 2 is 1.62 bits per heavy atom. The van der Waals surface area contributed by atoms with Gasteiger partial charge in [0, 0.05) is 5.56 Å². The molecule has 0 bridgehead atoms. The van der Waals surface area contributed by atoms with Crippen molar-refractivity contribution in [1.82, 2.24) is 9.80 Å². The molecule has 0 saturated carbocycles. The molecule has 2 fully saturated rings. The Morgan fingerprint density at radius 1 is 1.05 bits per heavy atom. The molecule has 5 rings (SSSR count). The number of hydrogen-bond acceptors (Lipinski definition) is 9. The van der Waals surface area contributed by atoms with Gasteiger partial charge in [0.2, 0.25) is 11.8 Å². The number of ketones is 1. The number of carboxylic acid groups (broad SMARTS) is 1. The Balaban J connectivity index is 0.000000517. The van der Waals surface area contributed by atoms with Gasteiger partial charge >= 0.3 is 18.1 Å². The molecule has 0 aromatic heterocycles. The standard InChI is InChI=1S/C26H25N3O5S.C2HF3O2/c1-26(24(33)34-2)21-20(22(31)28(23(21)32)14-16-9-5-3-6-10-16)18-13-27-25(29(18)26)35-15-19(30)17-11-7-4-8-12-17;3-2(4,5)1(6)7/h3-12,18,20-21H,13-15H2,1-2H3;(H,6,7)/t18-,20+,21-,26-;/m1./s1. The molecule has 0 radical (unpaired) electrons. The van der Waals surface area contributed by atoms with Gasteiger partial charge in [-0.3, -0.25) is 24.3 Å². The lowest BCUT2D eigenvalue weighted by atomic mass is 9.81. The highest BCUT2D eigenvalue weighted by Gasteiger charge is 2.72. The second kappa shape index (κ2) is 12.0. The Hall–Kier alpha value is -4.20. The minimum atomic E-state index is -5.08. The number of imide groups is 1. The number of fused-ring (bicyclic) bond motifs is 3. The number of alkyl halides is 3. The predicted octanol–water partition coefficient (Wildman–Crippen LogP) is 3.02. The number of Topliss-reactive ketones (excluding diaryl/α,β-unsaturated/α-hetero) is 1. The number of nitrogens with zero attached hydrogens (tertiary/aromatic N) is 3. The summed E-state index contributed by atoms with van der Waals surface area (Å²) in [5, 5.41) is 7.61. The molecule has 14 heteroatoms. The summed E-state index contributed by atoms with van der Waals surface area (Å²) in [6.07, 6.45) is -5.08. The van der Waals surface area contributed by atoms with Crippen LogP contribution in [0.3, 0.4) is 0 Å². The van der Waals surface area contributed by atoms with Crippen LogP contribution in [-0.2, 0) is 30.5 Å². The van der Waals surface area contributed by atoms with Crippen LogP contribution in [0.5, 0.6) is 0 Å². The number of amidine groups is 1. The second-order valence-electron chi connectivity index (χ2n) is 9.83. The lowest BCUT2D eigenvalue weighted by Gasteiger charge is -2.37. The predicted molar refractivity (Wildman–Crippen MR) is 144 cm³/mol. The van der Waals surface area contributed by atoms with Gasteiger partial charge in [-0.25, -0.2) is 9.59 Å². The number of ether oxygens (including phenoxy) is 1. The number of hydrogen-bond donors (Lipinski definition) is 1. The number of thioether (sulfide) groups is 1. The van der Waals surface area contributed by atoms with Crippen LogP contribution in [-0.4, -0.2) is 86.8 Å². The third kappa shape index (κ3) is 5.62. The highest BCUT2D eigenvalue weighted by atomic mass is 32.2. The van der Waals surface area contributed by atoms with E-state index in [1.54, 1.807) is 36.1 Å². The Bertz CT molecular complexity index is 1420. The first-order valence-electron chi connectivity index (χ1n) is 12.6. The largest absolute Gasteiger partial charge is 0.490 e. The van der Waals surface area contributed by atoms with Gasteiger partial charge < -0.3 is 14.7 Å². The van der Waals surface area contributed by atoms with E-state index in [2.05, 4.69) is 4.99 Å². The summed E-state index contributed by atoms with van der Waals surface area (Å²) in [7, 11) is 1.28. The summed E-state index contributed by atoms with van der Waals surface area (Å²) in [6, 6.07) is 17.8. The van der Waals surface area contributed by atoms with E-state index in [1.165, 1.54) is 23.8 Å². The van der Waals surface area contributed by atoms with Crippen LogP contribution < -0.4 is 0 Å². The fourth-order valence-electron chi connectivity index (χ4n) is 5.47. The fourth-order valence-corrected chi connectivity index (χ4v) is 6.53. The van der Waals surface area contributed by atoms with E-state index in [0.717, 1.165) is 5.56 Å². The van der Waals surface area contributed by atoms with Gasteiger partial charge in [-0.1, -0.05) is 72.4 Å². The zero-order valence-corrected chi connectivity index (χ0v) is 23.2.